The fourth-order valence-corrected chi connectivity index (χ4v) is 4.20. The summed E-state index contributed by atoms with van der Waals surface area (Å²) < 4.78 is 5.54. The highest BCUT2D eigenvalue weighted by Gasteiger charge is 2.29. The number of rotatable bonds is 8. The lowest BCUT2D eigenvalue weighted by Gasteiger charge is -2.10. The number of primary amides is 1. The van der Waals surface area contributed by atoms with Crippen molar-refractivity contribution >= 4 is 5.91 Å². The van der Waals surface area contributed by atoms with Crippen LogP contribution in [-0.2, 0) is 20.0 Å². The summed E-state index contributed by atoms with van der Waals surface area (Å²) in [6.07, 6.45) is 4.51. The zero-order chi connectivity index (χ0) is 22.0. The predicted molar refractivity (Wildman–Crippen MR) is 121 cm³/mol. The van der Waals surface area contributed by atoms with Crippen molar-refractivity contribution < 1.29 is 4.79 Å². The average molecular weight is 407 g/mol. The van der Waals surface area contributed by atoms with Crippen LogP contribution in [0.2, 0.25) is 0 Å². The molecule has 0 aliphatic heterocycles. The molecule has 2 aromatic heterocycles. The van der Waals surface area contributed by atoms with Gasteiger partial charge in [-0.15, -0.1) is 6.58 Å². The van der Waals surface area contributed by atoms with Crippen molar-refractivity contribution in [3.05, 3.63) is 76.0 Å². The number of carbonyl (C=O) groups excluding carboxylic acids is 1. The Labute approximate surface area is 177 Å². The first kappa shape index (κ1) is 21.4. The molecular weight excluding hydrogens is 376 g/mol. The van der Waals surface area contributed by atoms with Crippen LogP contribution >= 0.6 is 0 Å². The molecule has 30 heavy (non-hydrogen) atoms. The normalized spacial score (nSPS) is 11.1. The lowest BCUT2D eigenvalue weighted by molar-refractivity contribution is 0.1000. The lowest BCUT2D eigenvalue weighted by atomic mass is 9.98. The Morgan fingerprint density at radius 2 is 1.80 bits per heavy atom. The third kappa shape index (κ3) is 3.43. The first-order chi connectivity index (χ1) is 14.3. The molecule has 6 nitrogen and oxygen atoms in total. The Morgan fingerprint density at radius 3 is 2.37 bits per heavy atom. The quantitative estimate of drug-likeness (QED) is 0.576. The fourth-order valence-electron chi connectivity index (χ4n) is 4.20. The number of unbranched alkanes of at least 4 members (excludes halogenated alkanes) is 1. The van der Waals surface area contributed by atoms with Crippen molar-refractivity contribution in [1.82, 2.24) is 13.9 Å². The minimum absolute atomic E-state index is 0.155. The minimum atomic E-state index is -0.517. The summed E-state index contributed by atoms with van der Waals surface area (Å²) in [6.45, 7) is 10.3. The molecule has 0 bridgehead atoms. The van der Waals surface area contributed by atoms with Crippen molar-refractivity contribution in [3.63, 3.8) is 0 Å². The molecule has 3 aromatic rings. The molecule has 0 aliphatic rings. The molecule has 0 radical (unpaired) electrons. The second kappa shape index (κ2) is 8.61. The van der Waals surface area contributed by atoms with Gasteiger partial charge in [-0.1, -0.05) is 37.6 Å². The Morgan fingerprint density at radius 1 is 1.13 bits per heavy atom. The standard InChI is InChI=1S/C24H30N4O2/c1-6-8-14-19-22(20(23(25)29)17(4)27(19)15-7-2)21-16(3)26(5)28(24(21)30)18-12-10-9-11-13-18/h7,9-13H,2,6,8,14-15H2,1,3-5H3,(H2,25,29). The molecule has 0 atom stereocenters. The summed E-state index contributed by atoms with van der Waals surface area (Å²) in [4.78, 5) is 26.2. The molecule has 2 heterocycles. The van der Waals surface area contributed by atoms with Gasteiger partial charge in [0.05, 0.1) is 16.8 Å². The van der Waals surface area contributed by atoms with E-state index in [9.17, 15) is 9.59 Å². The first-order valence-electron chi connectivity index (χ1n) is 10.3. The molecular formula is C24H30N4O2. The molecule has 0 saturated heterocycles. The number of nitrogens with two attached hydrogens (primary N) is 1. The topological polar surface area (TPSA) is 74.9 Å². The zero-order valence-electron chi connectivity index (χ0n) is 18.2. The summed E-state index contributed by atoms with van der Waals surface area (Å²) in [5.74, 6) is -0.517. The number of hydrogen-bond donors (Lipinski definition) is 1. The fraction of sp³-hybridized carbons (Fsp3) is 0.333. The predicted octanol–water partition coefficient (Wildman–Crippen LogP) is 3.89. The van der Waals surface area contributed by atoms with Crippen molar-refractivity contribution in [1.29, 1.82) is 0 Å². The van der Waals surface area contributed by atoms with Crippen molar-refractivity contribution in [2.45, 2.75) is 46.6 Å². The van der Waals surface area contributed by atoms with Gasteiger partial charge in [0.25, 0.3) is 11.5 Å². The summed E-state index contributed by atoms with van der Waals surface area (Å²) in [7, 11) is 1.86. The van der Waals surface area contributed by atoms with Crippen LogP contribution in [0.15, 0.2) is 47.8 Å². The number of carbonyl (C=O) groups is 1. The zero-order valence-corrected chi connectivity index (χ0v) is 18.2. The van der Waals surface area contributed by atoms with Gasteiger partial charge in [-0.25, -0.2) is 4.68 Å². The maximum Gasteiger partial charge on any atom is 0.279 e. The Hall–Kier alpha value is -3.28. The molecule has 0 unspecified atom stereocenters. The summed E-state index contributed by atoms with van der Waals surface area (Å²) in [5, 5.41) is 0. The third-order valence-corrected chi connectivity index (χ3v) is 5.76. The molecule has 6 heteroatoms. The van der Waals surface area contributed by atoms with E-state index in [0.29, 0.717) is 23.2 Å². The van der Waals surface area contributed by atoms with Crippen LogP contribution < -0.4 is 11.3 Å². The summed E-state index contributed by atoms with van der Waals surface area (Å²) >= 11 is 0. The molecule has 0 aliphatic carbocycles. The Kier molecular flexibility index (Phi) is 6.15. The summed E-state index contributed by atoms with van der Waals surface area (Å²) in [6, 6.07) is 9.50. The second-order valence-corrected chi connectivity index (χ2v) is 7.59. The highest BCUT2D eigenvalue weighted by Crippen LogP contribution is 2.34. The summed E-state index contributed by atoms with van der Waals surface area (Å²) in [5.41, 5.74) is 10.6. The van der Waals surface area contributed by atoms with Gasteiger partial charge in [-0.2, -0.15) is 0 Å². The third-order valence-electron chi connectivity index (χ3n) is 5.76. The van der Waals surface area contributed by atoms with Crippen molar-refractivity contribution in [2.24, 2.45) is 12.8 Å². The number of benzene rings is 1. The molecule has 2 N–H and O–H groups in total. The van der Waals surface area contributed by atoms with E-state index in [1.54, 1.807) is 10.8 Å². The monoisotopic (exact) mass is 406 g/mol. The SMILES string of the molecule is C=CCn1c(C)c(C(N)=O)c(-c2c(C)n(C)n(-c3ccccc3)c2=O)c1CCCC. The molecule has 0 fully saturated rings. The van der Waals surface area contributed by atoms with Gasteiger partial charge in [0, 0.05) is 36.2 Å². The maximum absolute atomic E-state index is 13.7. The van der Waals surface area contributed by atoms with Gasteiger partial charge in [0.15, 0.2) is 0 Å². The molecule has 3 rings (SSSR count). The van der Waals surface area contributed by atoms with Gasteiger partial charge >= 0.3 is 0 Å². The van der Waals surface area contributed by atoms with E-state index in [0.717, 1.165) is 42.0 Å². The van der Waals surface area contributed by atoms with Crippen LogP contribution in [0.5, 0.6) is 0 Å². The number of aromatic nitrogens is 3. The average Bonchev–Trinajstić information content (AvgIpc) is 3.11. The molecule has 0 spiro atoms. The lowest BCUT2D eigenvalue weighted by Crippen LogP contribution is -2.21. The van der Waals surface area contributed by atoms with E-state index in [2.05, 4.69) is 18.1 Å². The highest BCUT2D eigenvalue weighted by molar-refractivity contribution is 6.02. The number of amides is 1. The number of nitrogens with zero attached hydrogens (tertiary/aromatic N) is 3. The molecule has 158 valence electrons. The van der Waals surface area contributed by atoms with Crippen LogP contribution in [0.25, 0.3) is 16.8 Å². The first-order valence-corrected chi connectivity index (χ1v) is 10.3. The number of hydrogen-bond acceptors (Lipinski definition) is 2. The van der Waals surface area contributed by atoms with Gasteiger partial charge in [0.1, 0.15) is 0 Å². The van der Waals surface area contributed by atoms with Gasteiger partial charge in [-0.3, -0.25) is 14.3 Å². The van der Waals surface area contributed by atoms with E-state index in [1.165, 1.54) is 0 Å². The van der Waals surface area contributed by atoms with Crippen LogP contribution in [0.1, 0.15) is 47.2 Å². The smallest absolute Gasteiger partial charge is 0.279 e. The number of para-hydroxylation sites is 1. The largest absolute Gasteiger partial charge is 0.366 e. The van der Waals surface area contributed by atoms with Crippen LogP contribution in [0.3, 0.4) is 0 Å². The van der Waals surface area contributed by atoms with E-state index < -0.39 is 5.91 Å². The van der Waals surface area contributed by atoms with E-state index in [-0.39, 0.29) is 5.56 Å². The maximum atomic E-state index is 13.7. The van der Waals surface area contributed by atoms with Crippen molar-refractivity contribution in [3.8, 4) is 16.8 Å². The minimum Gasteiger partial charge on any atom is -0.366 e. The van der Waals surface area contributed by atoms with Crippen molar-refractivity contribution in [2.75, 3.05) is 0 Å². The van der Waals surface area contributed by atoms with Gasteiger partial charge in [0.2, 0.25) is 0 Å². The Bertz CT molecular complexity index is 1150. The van der Waals surface area contributed by atoms with Crippen LogP contribution in [-0.4, -0.2) is 19.8 Å². The number of allylic oxidation sites excluding steroid dienone is 1. The van der Waals surface area contributed by atoms with Crippen LogP contribution in [0, 0.1) is 13.8 Å². The van der Waals surface area contributed by atoms with E-state index in [1.807, 2.05) is 55.9 Å². The van der Waals surface area contributed by atoms with E-state index in [4.69, 9.17) is 5.73 Å². The second-order valence-electron chi connectivity index (χ2n) is 7.59. The van der Waals surface area contributed by atoms with Gasteiger partial charge < -0.3 is 10.3 Å². The van der Waals surface area contributed by atoms with Gasteiger partial charge in [-0.05, 0) is 38.8 Å². The van der Waals surface area contributed by atoms with Crippen LogP contribution in [0.4, 0.5) is 0 Å². The Balaban J connectivity index is 2.41. The molecule has 1 aromatic carbocycles. The van der Waals surface area contributed by atoms with E-state index >= 15 is 0 Å². The molecule has 1 amide bonds. The highest BCUT2D eigenvalue weighted by atomic mass is 16.1. The molecule has 0 saturated carbocycles.